The Morgan fingerprint density at radius 1 is 1.21 bits per heavy atom. The minimum atomic E-state index is -0.0248. The third-order valence-corrected chi connectivity index (χ3v) is 6.15. The van der Waals surface area contributed by atoms with Crippen LogP contribution in [0.3, 0.4) is 0 Å². The highest BCUT2D eigenvalue weighted by Crippen LogP contribution is 2.27. The molecule has 0 radical (unpaired) electrons. The van der Waals surface area contributed by atoms with Gasteiger partial charge in [0.2, 0.25) is 11.8 Å². The van der Waals surface area contributed by atoms with Gasteiger partial charge in [-0.15, -0.1) is 0 Å². The molecule has 2 atom stereocenters. The maximum absolute atomic E-state index is 13.2. The van der Waals surface area contributed by atoms with E-state index in [4.69, 9.17) is 0 Å². The van der Waals surface area contributed by atoms with E-state index in [0.29, 0.717) is 5.16 Å². The van der Waals surface area contributed by atoms with E-state index in [2.05, 4.69) is 24.1 Å². The Balaban J connectivity index is 1.82. The molecule has 7 heteroatoms. The van der Waals surface area contributed by atoms with Gasteiger partial charge >= 0.3 is 0 Å². The van der Waals surface area contributed by atoms with Gasteiger partial charge in [0, 0.05) is 18.1 Å². The van der Waals surface area contributed by atoms with Crippen molar-refractivity contribution in [2.45, 2.75) is 76.8 Å². The summed E-state index contributed by atoms with van der Waals surface area (Å²) in [7, 11) is 0. The monoisotopic (exact) mass is 402 g/mol. The number of likely N-dealkylation sites (tertiary alicyclic amines) is 1. The van der Waals surface area contributed by atoms with Crippen LogP contribution in [0.5, 0.6) is 0 Å². The van der Waals surface area contributed by atoms with Crippen LogP contribution in [0.25, 0.3) is 11.0 Å². The fourth-order valence-electron chi connectivity index (χ4n) is 3.94. The van der Waals surface area contributed by atoms with Crippen LogP contribution in [0.2, 0.25) is 0 Å². The van der Waals surface area contributed by atoms with Crippen LogP contribution >= 0.6 is 11.8 Å². The SMILES string of the molecule is CC(C)NC(=O)CSc1nc2ccccc2n1CC(=O)N1C(C)CCCC1C. The molecule has 0 aliphatic carbocycles. The van der Waals surface area contributed by atoms with Gasteiger partial charge in [0.15, 0.2) is 5.16 Å². The van der Waals surface area contributed by atoms with E-state index in [9.17, 15) is 9.59 Å². The molecule has 0 bridgehead atoms. The zero-order valence-electron chi connectivity index (χ0n) is 17.1. The number of fused-ring (bicyclic) bond motifs is 1. The topological polar surface area (TPSA) is 67.2 Å². The van der Waals surface area contributed by atoms with Crippen LogP contribution < -0.4 is 5.32 Å². The summed E-state index contributed by atoms with van der Waals surface area (Å²) in [5.74, 6) is 0.381. The number of nitrogens with one attached hydrogen (secondary N) is 1. The van der Waals surface area contributed by atoms with E-state index in [1.807, 2.05) is 47.6 Å². The van der Waals surface area contributed by atoms with Gasteiger partial charge < -0.3 is 14.8 Å². The average Bonchev–Trinajstić information content (AvgIpc) is 2.97. The highest BCUT2D eigenvalue weighted by Gasteiger charge is 2.29. The van der Waals surface area contributed by atoms with Crippen molar-refractivity contribution in [3.05, 3.63) is 24.3 Å². The lowest BCUT2D eigenvalue weighted by atomic mass is 9.97. The van der Waals surface area contributed by atoms with Gasteiger partial charge in [-0.25, -0.2) is 4.98 Å². The quantitative estimate of drug-likeness (QED) is 0.752. The number of amides is 2. The smallest absolute Gasteiger partial charge is 0.243 e. The number of rotatable bonds is 6. The standard InChI is InChI=1S/C21H30N4O2S/c1-14(2)22-19(26)13-28-21-23-17-10-5-6-11-18(17)24(21)12-20(27)25-15(3)8-7-9-16(25)4/h5-6,10-11,14-16H,7-9,12-13H2,1-4H3,(H,22,26). The number of aromatic nitrogens is 2. The maximum atomic E-state index is 13.2. The van der Waals surface area contributed by atoms with E-state index in [0.717, 1.165) is 23.9 Å². The Bertz CT molecular complexity index is 838. The van der Waals surface area contributed by atoms with Gasteiger partial charge in [0.25, 0.3) is 0 Å². The van der Waals surface area contributed by atoms with E-state index in [1.54, 1.807) is 0 Å². The molecule has 0 spiro atoms. The van der Waals surface area contributed by atoms with E-state index >= 15 is 0 Å². The van der Waals surface area contributed by atoms with Crippen LogP contribution in [-0.4, -0.2) is 50.1 Å². The predicted octanol–water partition coefficient (Wildman–Crippen LogP) is 3.44. The van der Waals surface area contributed by atoms with Gasteiger partial charge in [0.1, 0.15) is 6.54 Å². The Labute approximate surface area is 171 Å². The van der Waals surface area contributed by atoms with Crippen molar-refractivity contribution in [1.82, 2.24) is 19.8 Å². The molecule has 2 aromatic rings. The molecule has 2 amide bonds. The summed E-state index contributed by atoms with van der Waals surface area (Å²) in [6.07, 6.45) is 3.28. The molecular formula is C21H30N4O2S. The molecule has 1 N–H and O–H groups in total. The van der Waals surface area contributed by atoms with Gasteiger partial charge in [-0.1, -0.05) is 23.9 Å². The highest BCUT2D eigenvalue weighted by atomic mass is 32.2. The summed E-state index contributed by atoms with van der Waals surface area (Å²) in [6, 6.07) is 8.46. The predicted molar refractivity (Wildman–Crippen MR) is 113 cm³/mol. The lowest BCUT2D eigenvalue weighted by Crippen LogP contribution is -2.48. The van der Waals surface area contributed by atoms with Crippen molar-refractivity contribution in [2.75, 3.05) is 5.75 Å². The van der Waals surface area contributed by atoms with E-state index < -0.39 is 0 Å². The van der Waals surface area contributed by atoms with Crippen LogP contribution in [0.1, 0.15) is 47.0 Å². The normalized spacial score (nSPS) is 20.0. The molecule has 3 rings (SSSR count). The number of thioether (sulfide) groups is 1. The first-order chi connectivity index (χ1) is 13.4. The molecule has 2 heterocycles. The molecular weight excluding hydrogens is 372 g/mol. The number of carbonyl (C=O) groups is 2. The second-order valence-electron chi connectivity index (χ2n) is 7.91. The van der Waals surface area contributed by atoms with Crippen molar-refractivity contribution in [1.29, 1.82) is 0 Å². The molecule has 152 valence electrons. The zero-order chi connectivity index (χ0) is 20.3. The molecule has 2 unspecified atom stereocenters. The minimum Gasteiger partial charge on any atom is -0.353 e. The molecule has 1 aliphatic heterocycles. The summed E-state index contributed by atoms with van der Waals surface area (Å²) >= 11 is 1.38. The zero-order valence-corrected chi connectivity index (χ0v) is 18.0. The van der Waals surface area contributed by atoms with Gasteiger partial charge in [-0.3, -0.25) is 9.59 Å². The Morgan fingerprint density at radius 2 is 1.89 bits per heavy atom. The number of piperidine rings is 1. The Morgan fingerprint density at radius 3 is 2.57 bits per heavy atom. The van der Waals surface area contributed by atoms with Crippen LogP contribution in [0.15, 0.2) is 29.4 Å². The molecule has 1 aliphatic rings. The second-order valence-corrected chi connectivity index (χ2v) is 8.85. The van der Waals surface area contributed by atoms with Crippen molar-refractivity contribution >= 4 is 34.6 Å². The first-order valence-corrected chi connectivity index (χ1v) is 11.0. The van der Waals surface area contributed by atoms with Gasteiger partial charge in [0.05, 0.1) is 16.8 Å². The summed E-state index contributed by atoms with van der Waals surface area (Å²) in [5, 5.41) is 3.61. The minimum absolute atomic E-state index is 0.0248. The Kier molecular flexibility index (Phi) is 6.65. The summed E-state index contributed by atoms with van der Waals surface area (Å²) in [5.41, 5.74) is 1.78. The highest BCUT2D eigenvalue weighted by molar-refractivity contribution is 7.99. The molecule has 1 fully saturated rings. The number of hydrogen-bond donors (Lipinski definition) is 1. The van der Waals surface area contributed by atoms with Crippen molar-refractivity contribution in [2.24, 2.45) is 0 Å². The lowest BCUT2D eigenvalue weighted by Gasteiger charge is -2.39. The Hall–Kier alpha value is -2.02. The number of hydrogen-bond acceptors (Lipinski definition) is 4. The van der Waals surface area contributed by atoms with Gasteiger partial charge in [-0.2, -0.15) is 0 Å². The number of para-hydroxylation sites is 2. The van der Waals surface area contributed by atoms with Crippen LogP contribution in [-0.2, 0) is 16.1 Å². The fraction of sp³-hybridized carbons (Fsp3) is 0.571. The summed E-state index contributed by atoms with van der Waals surface area (Å²) in [6.45, 7) is 8.40. The van der Waals surface area contributed by atoms with Crippen LogP contribution in [0, 0.1) is 0 Å². The average molecular weight is 403 g/mol. The molecule has 1 aromatic heterocycles. The lowest BCUT2D eigenvalue weighted by molar-refractivity contribution is -0.138. The van der Waals surface area contributed by atoms with E-state index in [-0.39, 0.29) is 42.2 Å². The number of carbonyl (C=O) groups excluding carboxylic acids is 2. The number of benzene rings is 1. The summed E-state index contributed by atoms with van der Waals surface area (Å²) < 4.78 is 1.96. The van der Waals surface area contributed by atoms with E-state index in [1.165, 1.54) is 18.2 Å². The largest absolute Gasteiger partial charge is 0.353 e. The molecule has 0 saturated carbocycles. The molecule has 1 aromatic carbocycles. The van der Waals surface area contributed by atoms with Crippen molar-refractivity contribution < 1.29 is 9.59 Å². The molecule has 28 heavy (non-hydrogen) atoms. The summed E-state index contributed by atoms with van der Waals surface area (Å²) in [4.78, 5) is 31.9. The third-order valence-electron chi connectivity index (χ3n) is 5.18. The van der Waals surface area contributed by atoms with Gasteiger partial charge in [-0.05, 0) is 59.1 Å². The maximum Gasteiger partial charge on any atom is 0.243 e. The number of nitrogens with zero attached hydrogens (tertiary/aromatic N) is 3. The third kappa shape index (κ3) is 4.69. The first-order valence-electron chi connectivity index (χ1n) is 10.1. The second kappa shape index (κ2) is 8.99. The molecule has 1 saturated heterocycles. The van der Waals surface area contributed by atoms with Crippen molar-refractivity contribution in [3.63, 3.8) is 0 Å². The fourth-order valence-corrected chi connectivity index (χ4v) is 4.77. The van der Waals surface area contributed by atoms with Crippen molar-refractivity contribution in [3.8, 4) is 0 Å². The first kappa shape index (κ1) is 20.7. The van der Waals surface area contributed by atoms with Crippen LogP contribution in [0.4, 0.5) is 0 Å². The number of imidazole rings is 1. The molecule has 6 nitrogen and oxygen atoms in total.